The van der Waals surface area contributed by atoms with Gasteiger partial charge in [-0.15, -0.1) is 0 Å². The number of likely N-dealkylation sites (tertiary alicyclic amines) is 1. The van der Waals surface area contributed by atoms with Crippen LogP contribution in [0, 0.1) is 0 Å². The van der Waals surface area contributed by atoms with Crippen LogP contribution in [0.2, 0.25) is 0 Å². The van der Waals surface area contributed by atoms with E-state index in [1.165, 1.54) is 29.7 Å². The van der Waals surface area contributed by atoms with E-state index in [0.29, 0.717) is 5.75 Å². The van der Waals surface area contributed by atoms with E-state index in [2.05, 4.69) is 14.3 Å². The second kappa shape index (κ2) is 7.49. The summed E-state index contributed by atoms with van der Waals surface area (Å²) < 4.78 is 5.53. The van der Waals surface area contributed by atoms with Crippen LogP contribution in [-0.2, 0) is 4.79 Å². The highest BCUT2D eigenvalue weighted by molar-refractivity contribution is 8.00. The number of aromatic nitrogens is 3. The molecule has 0 atom stereocenters. The first-order chi connectivity index (χ1) is 12.3. The van der Waals surface area contributed by atoms with Gasteiger partial charge in [-0.2, -0.15) is 4.37 Å². The molecule has 0 N–H and O–H groups in total. The van der Waals surface area contributed by atoms with Crippen molar-refractivity contribution in [2.45, 2.75) is 24.3 Å². The first-order valence-corrected chi connectivity index (χ1v) is 10.2. The van der Waals surface area contributed by atoms with Gasteiger partial charge in [-0.1, -0.05) is 42.1 Å². The zero-order valence-electron chi connectivity index (χ0n) is 13.7. The van der Waals surface area contributed by atoms with Crippen molar-refractivity contribution in [2.24, 2.45) is 0 Å². The van der Waals surface area contributed by atoms with Gasteiger partial charge in [0.15, 0.2) is 0 Å². The van der Waals surface area contributed by atoms with Gasteiger partial charge in [0.1, 0.15) is 27.3 Å². The van der Waals surface area contributed by atoms with Crippen molar-refractivity contribution < 1.29 is 4.79 Å². The fourth-order valence-corrected chi connectivity index (χ4v) is 4.82. The third-order valence-electron chi connectivity index (χ3n) is 4.31. The van der Waals surface area contributed by atoms with Crippen LogP contribution in [0.25, 0.3) is 21.5 Å². The van der Waals surface area contributed by atoms with Gasteiger partial charge in [0.25, 0.3) is 0 Å². The SMILES string of the molecule is O=C(CSc1ncnc2c(-c3ccccc3)nsc12)N1CCCCC1. The van der Waals surface area contributed by atoms with E-state index in [0.717, 1.165) is 52.4 Å². The molecule has 3 aromatic rings. The Kier molecular flexibility index (Phi) is 4.94. The molecule has 7 heteroatoms. The molecule has 128 valence electrons. The molecule has 0 saturated carbocycles. The summed E-state index contributed by atoms with van der Waals surface area (Å²) in [7, 11) is 0. The van der Waals surface area contributed by atoms with E-state index in [-0.39, 0.29) is 5.91 Å². The predicted octanol–water partition coefficient (Wildman–Crippen LogP) is 3.86. The van der Waals surface area contributed by atoms with E-state index in [9.17, 15) is 4.79 Å². The Hall–Kier alpha value is -1.99. The molecule has 0 aliphatic carbocycles. The number of hydrogen-bond acceptors (Lipinski definition) is 6. The van der Waals surface area contributed by atoms with Gasteiger partial charge in [0, 0.05) is 18.7 Å². The molecule has 25 heavy (non-hydrogen) atoms. The summed E-state index contributed by atoms with van der Waals surface area (Å²) in [5, 5.41) is 0.843. The topological polar surface area (TPSA) is 59.0 Å². The van der Waals surface area contributed by atoms with E-state index >= 15 is 0 Å². The van der Waals surface area contributed by atoms with Gasteiger partial charge in [-0.05, 0) is 30.8 Å². The van der Waals surface area contributed by atoms with Gasteiger partial charge in [0.05, 0.1) is 5.75 Å². The molecule has 1 saturated heterocycles. The zero-order valence-corrected chi connectivity index (χ0v) is 15.4. The Labute approximate surface area is 154 Å². The first kappa shape index (κ1) is 16.5. The fraction of sp³-hybridized carbons (Fsp3) is 0.333. The number of carbonyl (C=O) groups excluding carboxylic acids is 1. The highest BCUT2D eigenvalue weighted by atomic mass is 32.2. The minimum Gasteiger partial charge on any atom is -0.342 e. The molecule has 4 rings (SSSR count). The second-order valence-corrected chi connectivity index (χ2v) is 7.72. The molecule has 5 nitrogen and oxygen atoms in total. The maximum atomic E-state index is 12.4. The monoisotopic (exact) mass is 370 g/mol. The van der Waals surface area contributed by atoms with E-state index in [1.807, 2.05) is 35.2 Å². The Bertz CT molecular complexity index is 875. The number of amides is 1. The van der Waals surface area contributed by atoms with Crippen molar-refractivity contribution in [3.63, 3.8) is 0 Å². The van der Waals surface area contributed by atoms with Crippen LogP contribution in [0.3, 0.4) is 0 Å². The maximum absolute atomic E-state index is 12.4. The van der Waals surface area contributed by atoms with Gasteiger partial charge in [-0.3, -0.25) is 4.79 Å². The third kappa shape index (κ3) is 3.52. The summed E-state index contributed by atoms with van der Waals surface area (Å²) >= 11 is 2.89. The molecule has 0 bridgehead atoms. The predicted molar refractivity (Wildman–Crippen MR) is 102 cm³/mol. The summed E-state index contributed by atoms with van der Waals surface area (Å²) in [6.07, 6.45) is 5.02. The Morgan fingerprint density at radius 3 is 2.72 bits per heavy atom. The van der Waals surface area contributed by atoms with Crippen LogP contribution in [0.5, 0.6) is 0 Å². The fourth-order valence-electron chi connectivity index (χ4n) is 3.00. The first-order valence-electron chi connectivity index (χ1n) is 8.39. The summed E-state index contributed by atoms with van der Waals surface area (Å²) in [5.41, 5.74) is 2.79. The van der Waals surface area contributed by atoms with Crippen LogP contribution in [0.4, 0.5) is 0 Å². The molecular weight excluding hydrogens is 352 g/mol. The van der Waals surface area contributed by atoms with Crippen molar-refractivity contribution in [1.82, 2.24) is 19.2 Å². The van der Waals surface area contributed by atoms with Crippen LogP contribution in [0.15, 0.2) is 41.7 Å². The standard InChI is InChI=1S/C18H18N4OS2/c23-14(22-9-5-2-6-10-22)11-24-18-17-16(19-12-20-18)15(21-25-17)13-7-3-1-4-8-13/h1,3-4,7-8,12H,2,5-6,9-11H2. The molecular formula is C18H18N4OS2. The van der Waals surface area contributed by atoms with Crippen LogP contribution >= 0.6 is 23.3 Å². The smallest absolute Gasteiger partial charge is 0.232 e. The lowest BCUT2D eigenvalue weighted by Gasteiger charge is -2.26. The summed E-state index contributed by atoms with van der Waals surface area (Å²) in [6, 6.07) is 10.0. The van der Waals surface area contributed by atoms with Crippen molar-refractivity contribution in [3.8, 4) is 11.3 Å². The summed E-state index contributed by atoms with van der Waals surface area (Å²) in [6.45, 7) is 1.77. The molecule has 1 aromatic carbocycles. The van der Waals surface area contributed by atoms with Crippen LogP contribution in [0.1, 0.15) is 19.3 Å². The number of carbonyl (C=O) groups is 1. The lowest BCUT2D eigenvalue weighted by atomic mass is 10.1. The number of piperidine rings is 1. The average Bonchev–Trinajstić information content (AvgIpc) is 3.12. The maximum Gasteiger partial charge on any atom is 0.232 e. The number of thioether (sulfide) groups is 1. The minimum atomic E-state index is 0.198. The normalized spacial score (nSPS) is 14.8. The number of nitrogens with zero attached hydrogens (tertiary/aromatic N) is 4. The van der Waals surface area contributed by atoms with Crippen molar-refractivity contribution >= 4 is 39.4 Å². The third-order valence-corrected chi connectivity index (χ3v) is 6.26. The number of hydrogen-bond donors (Lipinski definition) is 0. The number of fused-ring (bicyclic) bond motifs is 1. The van der Waals surface area contributed by atoms with E-state index in [1.54, 1.807) is 6.33 Å². The molecule has 0 radical (unpaired) electrons. The average molecular weight is 371 g/mol. The van der Waals surface area contributed by atoms with Crippen LogP contribution < -0.4 is 0 Å². The Morgan fingerprint density at radius 2 is 1.92 bits per heavy atom. The number of benzene rings is 1. The Balaban J connectivity index is 1.54. The molecule has 1 aliphatic heterocycles. The second-order valence-electron chi connectivity index (χ2n) is 5.98. The molecule has 2 aromatic heterocycles. The van der Waals surface area contributed by atoms with Crippen molar-refractivity contribution in [3.05, 3.63) is 36.7 Å². The molecule has 0 unspecified atom stereocenters. The van der Waals surface area contributed by atoms with Crippen molar-refractivity contribution in [1.29, 1.82) is 0 Å². The lowest BCUT2D eigenvalue weighted by molar-refractivity contribution is -0.129. The van der Waals surface area contributed by atoms with Crippen LogP contribution in [-0.4, -0.2) is 44.0 Å². The largest absolute Gasteiger partial charge is 0.342 e. The molecule has 0 spiro atoms. The van der Waals surface area contributed by atoms with Gasteiger partial charge < -0.3 is 4.90 Å². The van der Waals surface area contributed by atoms with E-state index in [4.69, 9.17) is 0 Å². The molecule has 1 amide bonds. The zero-order chi connectivity index (χ0) is 17.1. The molecule has 1 aliphatic rings. The number of rotatable bonds is 4. The van der Waals surface area contributed by atoms with Gasteiger partial charge >= 0.3 is 0 Å². The van der Waals surface area contributed by atoms with Crippen molar-refractivity contribution in [2.75, 3.05) is 18.8 Å². The van der Waals surface area contributed by atoms with Gasteiger partial charge in [0.2, 0.25) is 5.91 Å². The highest BCUT2D eigenvalue weighted by Gasteiger charge is 2.19. The molecule has 3 heterocycles. The van der Waals surface area contributed by atoms with Gasteiger partial charge in [-0.25, -0.2) is 9.97 Å². The molecule has 1 fully saturated rings. The van der Waals surface area contributed by atoms with E-state index < -0.39 is 0 Å². The minimum absolute atomic E-state index is 0.198. The summed E-state index contributed by atoms with van der Waals surface area (Å²) in [5.74, 6) is 0.620. The lowest BCUT2D eigenvalue weighted by Crippen LogP contribution is -2.36. The summed E-state index contributed by atoms with van der Waals surface area (Å²) in [4.78, 5) is 23.2. The highest BCUT2D eigenvalue weighted by Crippen LogP contribution is 2.34. The Morgan fingerprint density at radius 1 is 1.12 bits per heavy atom. The quantitative estimate of drug-likeness (QED) is 0.516.